The van der Waals surface area contributed by atoms with Crippen LogP contribution in [0.25, 0.3) is 0 Å². The molecule has 0 aromatic heterocycles. The summed E-state index contributed by atoms with van der Waals surface area (Å²) in [5, 5.41) is 2.74. The number of ether oxygens (including phenoxy) is 2. The van der Waals surface area contributed by atoms with Crippen LogP contribution in [0.2, 0.25) is 0 Å². The molecule has 1 N–H and O–H groups in total. The Bertz CT molecular complexity index is 772. The van der Waals surface area contributed by atoms with Crippen LogP contribution in [-0.4, -0.2) is 44.0 Å². The molecule has 2 aromatic carbocycles. The normalized spacial score (nSPS) is 10.2. The summed E-state index contributed by atoms with van der Waals surface area (Å²) in [6.45, 7) is 3.71. The van der Waals surface area contributed by atoms with Crippen molar-refractivity contribution in [1.82, 2.24) is 4.90 Å². The summed E-state index contributed by atoms with van der Waals surface area (Å²) < 4.78 is 10.7. The van der Waals surface area contributed by atoms with E-state index >= 15 is 0 Å². The van der Waals surface area contributed by atoms with Gasteiger partial charge in [0.25, 0.3) is 5.91 Å². The molecule has 0 aliphatic heterocycles. The molecule has 0 bridgehead atoms. The maximum absolute atomic E-state index is 12.2. The summed E-state index contributed by atoms with van der Waals surface area (Å²) in [6.07, 6.45) is 0. The Kier molecular flexibility index (Phi) is 6.60. The smallest absolute Gasteiger partial charge is 0.260 e. The standard InChI is InChI=1S/C20H24N2O4/c1-14-5-6-15(2)18(11-14)26-13-20(24)22(3)12-19(23)21-16-7-9-17(25-4)10-8-16/h5-11H,12-13H2,1-4H3,(H,21,23). The fourth-order valence-electron chi connectivity index (χ4n) is 2.29. The molecule has 138 valence electrons. The quantitative estimate of drug-likeness (QED) is 0.828. The van der Waals surface area contributed by atoms with Gasteiger partial charge in [-0.2, -0.15) is 0 Å². The number of carbonyl (C=O) groups is 2. The monoisotopic (exact) mass is 356 g/mol. The Morgan fingerprint density at radius 1 is 1.08 bits per heavy atom. The summed E-state index contributed by atoms with van der Waals surface area (Å²) >= 11 is 0. The highest BCUT2D eigenvalue weighted by Crippen LogP contribution is 2.19. The molecule has 6 nitrogen and oxygen atoms in total. The van der Waals surface area contributed by atoms with Crippen molar-refractivity contribution < 1.29 is 19.1 Å². The minimum absolute atomic E-state index is 0.0545. The zero-order valence-corrected chi connectivity index (χ0v) is 15.5. The van der Waals surface area contributed by atoms with Gasteiger partial charge in [0.05, 0.1) is 13.7 Å². The number of methoxy groups -OCH3 is 1. The zero-order valence-electron chi connectivity index (χ0n) is 15.5. The molecule has 0 unspecified atom stereocenters. The predicted molar refractivity (Wildman–Crippen MR) is 101 cm³/mol. The molecular weight excluding hydrogens is 332 g/mol. The Labute approximate surface area is 153 Å². The second-order valence-corrected chi connectivity index (χ2v) is 6.08. The lowest BCUT2D eigenvalue weighted by molar-refractivity contribution is -0.135. The van der Waals surface area contributed by atoms with Gasteiger partial charge in [-0.1, -0.05) is 12.1 Å². The number of likely N-dealkylation sites (N-methyl/N-ethyl adjacent to an activating group) is 1. The van der Waals surface area contributed by atoms with Gasteiger partial charge in [0.15, 0.2) is 6.61 Å². The number of rotatable bonds is 7. The summed E-state index contributed by atoms with van der Waals surface area (Å²) in [4.78, 5) is 25.6. The van der Waals surface area contributed by atoms with Gasteiger partial charge in [-0.05, 0) is 55.3 Å². The van der Waals surface area contributed by atoms with Crippen molar-refractivity contribution in [1.29, 1.82) is 0 Å². The molecule has 2 amide bonds. The van der Waals surface area contributed by atoms with Crippen LogP contribution in [0.1, 0.15) is 11.1 Å². The summed E-state index contributed by atoms with van der Waals surface area (Å²) in [5.74, 6) is 0.835. The van der Waals surface area contributed by atoms with E-state index in [0.29, 0.717) is 17.2 Å². The molecule has 0 aliphatic rings. The number of nitrogens with zero attached hydrogens (tertiary/aromatic N) is 1. The van der Waals surface area contributed by atoms with Gasteiger partial charge >= 0.3 is 0 Å². The largest absolute Gasteiger partial charge is 0.497 e. The second-order valence-electron chi connectivity index (χ2n) is 6.08. The van der Waals surface area contributed by atoms with E-state index in [4.69, 9.17) is 9.47 Å². The van der Waals surface area contributed by atoms with E-state index in [9.17, 15) is 9.59 Å². The van der Waals surface area contributed by atoms with Crippen LogP contribution in [0.3, 0.4) is 0 Å². The highest BCUT2D eigenvalue weighted by Gasteiger charge is 2.14. The minimum atomic E-state index is -0.280. The van der Waals surface area contributed by atoms with Gasteiger partial charge in [-0.25, -0.2) is 0 Å². The molecule has 0 aliphatic carbocycles. The zero-order chi connectivity index (χ0) is 19.1. The average Bonchev–Trinajstić information content (AvgIpc) is 2.62. The molecule has 0 spiro atoms. The molecule has 0 saturated heterocycles. The molecule has 26 heavy (non-hydrogen) atoms. The van der Waals surface area contributed by atoms with E-state index in [1.165, 1.54) is 4.90 Å². The van der Waals surface area contributed by atoms with Crippen molar-refractivity contribution in [2.24, 2.45) is 0 Å². The van der Waals surface area contributed by atoms with E-state index in [1.807, 2.05) is 32.0 Å². The van der Waals surface area contributed by atoms with Crippen LogP contribution in [0, 0.1) is 13.8 Å². The number of anilines is 1. The third kappa shape index (κ3) is 5.51. The molecule has 6 heteroatoms. The van der Waals surface area contributed by atoms with E-state index in [0.717, 1.165) is 11.1 Å². The third-order valence-corrected chi connectivity index (χ3v) is 3.88. The van der Waals surface area contributed by atoms with Crippen molar-refractivity contribution in [3.63, 3.8) is 0 Å². The third-order valence-electron chi connectivity index (χ3n) is 3.88. The van der Waals surface area contributed by atoms with Crippen molar-refractivity contribution in [2.75, 3.05) is 32.6 Å². The molecule has 2 rings (SSSR count). The number of hydrogen-bond acceptors (Lipinski definition) is 4. The molecule has 0 fully saturated rings. The van der Waals surface area contributed by atoms with Crippen molar-refractivity contribution in [3.8, 4) is 11.5 Å². The van der Waals surface area contributed by atoms with Gasteiger partial charge in [0, 0.05) is 12.7 Å². The van der Waals surface area contributed by atoms with Gasteiger partial charge in [0.2, 0.25) is 5.91 Å². The summed E-state index contributed by atoms with van der Waals surface area (Å²) in [7, 11) is 3.15. The SMILES string of the molecule is COc1ccc(NC(=O)CN(C)C(=O)COc2cc(C)ccc2C)cc1. The Hall–Kier alpha value is -3.02. The predicted octanol–water partition coefficient (Wildman–Crippen LogP) is 2.79. The summed E-state index contributed by atoms with van der Waals surface area (Å²) in [5.41, 5.74) is 2.66. The lowest BCUT2D eigenvalue weighted by atomic mass is 10.1. The first kappa shape index (κ1) is 19.3. The Morgan fingerprint density at radius 3 is 2.42 bits per heavy atom. The van der Waals surface area contributed by atoms with Crippen molar-refractivity contribution >= 4 is 17.5 Å². The van der Waals surface area contributed by atoms with Crippen LogP contribution in [0.5, 0.6) is 11.5 Å². The van der Waals surface area contributed by atoms with Gasteiger partial charge in [-0.3, -0.25) is 9.59 Å². The molecule has 0 atom stereocenters. The molecule has 0 radical (unpaired) electrons. The topological polar surface area (TPSA) is 67.9 Å². The lowest BCUT2D eigenvalue weighted by Crippen LogP contribution is -2.37. The number of aryl methyl sites for hydroxylation is 2. The first-order valence-corrected chi connectivity index (χ1v) is 8.27. The van der Waals surface area contributed by atoms with Crippen LogP contribution in [-0.2, 0) is 9.59 Å². The van der Waals surface area contributed by atoms with E-state index in [2.05, 4.69) is 5.32 Å². The van der Waals surface area contributed by atoms with Gasteiger partial charge in [-0.15, -0.1) is 0 Å². The second kappa shape index (κ2) is 8.89. The highest BCUT2D eigenvalue weighted by atomic mass is 16.5. The molecule has 0 heterocycles. The maximum Gasteiger partial charge on any atom is 0.260 e. The van der Waals surface area contributed by atoms with E-state index in [1.54, 1.807) is 38.4 Å². The number of amides is 2. The lowest BCUT2D eigenvalue weighted by Gasteiger charge is -2.18. The Morgan fingerprint density at radius 2 is 1.77 bits per heavy atom. The van der Waals surface area contributed by atoms with Crippen molar-refractivity contribution in [3.05, 3.63) is 53.6 Å². The first-order chi connectivity index (χ1) is 12.4. The maximum atomic E-state index is 12.2. The van der Waals surface area contributed by atoms with Crippen LogP contribution in [0.4, 0.5) is 5.69 Å². The average molecular weight is 356 g/mol. The number of benzene rings is 2. The highest BCUT2D eigenvalue weighted by molar-refractivity contribution is 5.94. The van der Waals surface area contributed by atoms with E-state index < -0.39 is 0 Å². The van der Waals surface area contributed by atoms with Crippen LogP contribution >= 0.6 is 0 Å². The fraction of sp³-hybridized carbons (Fsp3) is 0.300. The van der Waals surface area contributed by atoms with Gasteiger partial charge < -0.3 is 19.7 Å². The Balaban J connectivity index is 1.83. The first-order valence-electron chi connectivity index (χ1n) is 8.27. The van der Waals surface area contributed by atoms with E-state index in [-0.39, 0.29) is 25.0 Å². The minimum Gasteiger partial charge on any atom is -0.497 e. The van der Waals surface area contributed by atoms with Crippen LogP contribution in [0.15, 0.2) is 42.5 Å². The molecule has 2 aromatic rings. The summed E-state index contributed by atoms with van der Waals surface area (Å²) in [6, 6.07) is 12.8. The number of carbonyl (C=O) groups excluding carboxylic acids is 2. The fourth-order valence-corrected chi connectivity index (χ4v) is 2.29. The molecular formula is C20H24N2O4. The molecule has 0 saturated carbocycles. The number of hydrogen-bond donors (Lipinski definition) is 1. The van der Waals surface area contributed by atoms with Crippen LogP contribution < -0.4 is 14.8 Å². The van der Waals surface area contributed by atoms with Gasteiger partial charge in [0.1, 0.15) is 11.5 Å². The number of nitrogens with one attached hydrogen (secondary N) is 1. The van der Waals surface area contributed by atoms with Crippen molar-refractivity contribution in [2.45, 2.75) is 13.8 Å².